The molecule has 5 rings (SSSR count). The lowest BCUT2D eigenvalue weighted by molar-refractivity contribution is 0.0951. The molecule has 0 saturated heterocycles. The lowest BCUT2D eigenvalue weighted by atomic mass is 10.1. The van der Waals surface area contributed by atoms with Crippen LogP contribution in [0.3, 0.4) is 0 Å². The predicted octanol–water partition coefficient (Wildman–Crippen LogP) is 2.39. The normalized spacial score (nSPS) is 10.8. The molecule has 174 valence electrons. The maximum atomic E-state index is 12.8. The molecule has 0 bridgehead atoms. The fraction of sp³-hybridized carbons (Fsp3) is 0.125. The Kier molecular flexibility index (Phi) is 6.20. The van der Waals surface area contributed by atoms with Crippen molar-refractivity contribution in [3.05, 3.63) is 96.7 Å². The monoisotopic (exact) mass is 466 g/mol. The molecule has 0 atom stereocenters. The van der Waals surface area contributed by atoms with E-state index in [1.165, 1.54) is 12.7 Å². The van der Waals surface area contributed by atoms with E-state index in [1.807, 2.05) is 48.0 Å². The van der Waals surface area contributed by atoms with Gasteiger partial charge in [-0.05, 0) is 35.9 Å². The van der Waals surface area contributed by atoms with Crippen molar-refractivity contribution in [2.75, 3.05) is 5.32 Å². The molecule has 2 aromatic carbocycles. The molecule has 0 spiro atoms. The van der Waals surface area contributed by atoms with E-state index in [9.17, 15) is 4.79 Å². The Morgan fingerprint density at radius 2 is 1.89 bits per heavy atom. The van der Waals surface area contributed by atoms with E-state index in [0.29, 0.717) is 30.2 Å². The van der Waals surface area contributed by atoms with Gasteiger partial charge in [0, 0.05) is 31.0 Å². The number of carbonyl (C=O) groups excluding carboxylic acids is 1. The first-order valence-electron chi connectivity index (χ1n) is 10.9. The highest BCUT2D eigenvalue weighted by molar-refractivity contribution is 5.95. The SMILES string of the molecule is Cn1c(CNc2cccc(C(=O)NCc3ccccc3-n3cncn3)c2)nnc1-c1ccncn1. The summed E-state index contributed by atoms with van der Waals surface area (Å²) >= 11 is 0. The fourth-order valence-corrected chi connectivity index (χ4v) is 3.61. The smallest absolute Gasteiger partial charge is 0.251 e. The zero-order valence-corrected chi connectivity index (χ0v) is 18.9. The molecule has 3 heterocycles. The van der Waals surface area contributed by atoms with E-state index < -0.39 is 0 Å². The second kappa shape index (κ2) is 9.91. The molecule has 1 amide bonds. The van der Waals surface area contributed by atoms with Crippen LogP contribution in [0.25, 0.3) is 17.2 Å². The van der Waals surface area contributed by atoms with Gasteiger partial charge in [0.15, 0.2) is 11.6 Å². The Hall–Kier alpha value is -4.93. The number of carbonyl (C=O) groups is 1. The van der Waals surface area contributed by atoms with Gasteiger partial charge in [-0.2, -0.15) is 5.10 Å². The summed E-state index contributed by atoms with van der Waals surface area (Å²) in [5.41, 5.74) is 3.85. The van der Waals surface area contributed by atoms with E-state index in [4.69, 9.17) is 0 Å². The first kappa shape index (κ1) is 21.9. The van der Waals surface area contributed by atoms with E-state index in [1.54, 1.807) is 35.4 Å². The van der Waals surface area contributed by atoms with Gasteiger partial charge in [-0.1, -0.05) is 24.3 Å². The third-order valence-electron chi connectivity index (χ3n) is 5.45. The Morgan fingerprint density at radius 3 is 2.71 bits per heavy atom. The van der Waals surface area contributed by atoms with Crippen LogP contribution in [0.1, 0.15) is 21.7 Å². The summed E-state index contributed by atoms with van der Waals surface area (Å²) in [6.45, 7) is 0.794. The second-order valence-corrected chi connectivity index (χ2v) is 7.68. The van der Waals surface area contributed by atoms with Crippen LogP contribution >= 0.6 is 0 Å². The van der Waals surface area contributed by atoms with Crippen molar-refractivity contribution in [3.63, 3.8) is 0 Å². The molecular formula is C24H22N10O. The number of para-hydroxylation sites is 1. The van der Waals surface area contributed by atoms with Crippen LogP contribution in [0.4, 0.5) is 5.69 Å². The molecule has 0 aliphatic carbocycles. The molecule has 0 saturated carbocycles. The van der Waals surface area contributed by atoms with Gasteiger partial charge in [0.1, 0.15) is 24.7 Å². The maximum Gasteiger partial charge on any atom is 0.251 e. The van der Waals surface area contributed by atoms with Crippen molar-refractivity contribution in [1.29, 1.82) is 0 Å². The first-order valence-corrected chi connectivity index (χ1v) is 10.9. The highest BCUT2D eigenvalue weighted by Crippen LogP contribution is 2.17. The molecule has 11 nitrogen and oxygen atoms in total. The third-order valence-corrected chi connectivity index (χ3v) is 5.45. The van der Waals surface area contributed by atoms with Crippen molar-refractivity contribution in [2.24, 2.45) is 7.05 Å². The van der Waals surface area contributed by atoms with Gasteiger partial charge in [0.25, 0.3) is 5.91 Å². The Morgan fingerprint density at radius 1 is 0.971 bits per heavy atom. The zero-order chi connectivity index (χ0) is 24.0. The molecule has 0 radical (unpaired) electrons. The number of aromatic nitrogens is 8. The lowest BCUT2D eigenvalue weighted by Gasteiger charge is -2.11. The minimum atomic E-state index is -0.174. The summed E-state index contributed by atoms with van der Waals surface area (Å²) in [4.78, 5) is 25.0. The van der Waals surface area contributed by atoms with Crippen LogP contribution in [0.2, 0.25) is 0 Å². The summed E-state index contributed by atoms with van der Waals surface area (Å²) in [6, 6.07) is 16.8. The second-order valence-electron chi connectivity index (χ2n) is 7.68. The highest BCUT2D eigenvalue weighted by Gasteiger charge is 2.13. The molecule has 0 aliphatic heterocycles. The van der Waals surface area contributed by atoms with Gasteiger partial charge >= 0.3 is 0 Å². The van der Waals surface area contributed by atoms with Crippen molar-refractivity contribution >= 4 is 11.6 Å². The van der Waals surface area contributed by atoms with Crippen LogP contribution in [-0.2, 0) is 20.1 Å². The van der Waals surface area contributed by atoms with Crippen LogP contribution in [0.5, 0.6) is 0 Å². The quantitative estimate of drug-likeness (QED) is 0.357. The van der Waals surface area contributed by atoms with E-state index in [2.05, 4.69) is 40.9 Å². The average molecular weight is 467 g/mol. The molecule has 5 aromatic rings. The van der Waals surface area contributed by atoms with Gasteiger partial charge in [0.2, 0.25) is 0 Å². The predicted molar refractivity (Wildman–Crippen MR) is 128 cm³/mol. The Balaban J connectivity index is 1.23. The van der Waals surface area contributed by atoms with Crippen molar-refractivity contribution in [2.45, 2.75) is 13.1 Å². The van der Waals surface area contributed by atoms with Gasteiger partial charge in [0.05, 0.1) is 12.2 Å². The fourth-order valence-electron chi connectivity index (χ4n) is 3.61. The van der Waals surface area contributed by atoms with E-state index >= 15 is 0 Å². The number of anilines is 1. The Labute approximate surface area is 200 Å². The number of hydrogen-bond donors (Lipinski definition) is 2. The number of nitrogens with one attached hydrogen (secondary N) is 2. The number of hydrogen-bond acceptors (Lipinski definition) is 8. The van der Waals surface area contributed by atoms with Gasteiger partial charge in [-0.3, -0.25) is 4.79 Å². The van der Waals surface area contributed by atoms with E-state index in [0.717, 1.165) is 22.8 Å². The van der Waals surface area contributed by atoms with Gasteiger partial charge < -0.3 is 15.2 Å². The third kappa shape index (κ3) is 4.88. The van der Waals surface area contributed by atoms with Crippen LogP contribution in [0.15, 0.2) is 79.8 Å². The van der Waals surface area contributed by atoms with Crippen molar-refractivity contribution in [3.8, 4) is 17.2 Å². The van der Waals surface area contributed by atoms with Crippen LogP contribution in [-0.4, -0.2) is 45.4 Å². The standard InChI is InChI=1S/C24H22N10O/c1-33-22(31-32-23(33)20-9-10-25-14-29-20)13-27-19-7-4-6-17(11-19)24(35)28-12-18-5-2-3-8-21(18)34-16-26-15-30-34/h2-11,14-16,27H,12-13H2,1H3,(H,28,35). The van der Waals surface area contributed by atoms with Crippen molar-refractivity contribution < 1.29 is 4.79 Å². The van der Waals surface area contributed by atoms with Crippen LogP contribution < -0.4 is 10.6 Å². The van der Waals surface area contributed by atoms with Crippen LogP contribution in [0, 0.1) is 0 Å². The summed E-state index contributed by atoms with van der Waals surface area (Å²) < 4.78 is 3.55. The summed E-state index contributed by atoms with van der Waals surface area (Å²) in [5.74, 6) is 1.22. The number of benzene rings is 2. The molecule has 3 aromatic heterocycles. The lowest BCUT2D eigenvalue weighted by Crippen LogP contribution is -2.23. The molecule has 2 N–H and O–H groups in total. The molecule has 0 aliphatic rings. The molecule has 11 heteroatoms. The summed E-state index contributed by atoms with van der Waals surface area (Å²) in [5, 5.41) is 19.0. The number of amides is 1. The van der Waals surface area contributed by atoms with Crippen molar-refractivity contribution in [1.82, 2.24) is 44.8 Å². The van der Waals surface area contributed by atoms with Gasteiger partial charge in [-0.25, -0.2) is 19.6 Å². The summed E-state index contributed by atoms with van der Waals surface area (Å²) in [7, 11) is 1.88. The first-order chi connectivity index (χ1) is 17.2. The van der Waals surface area contributed by atoms with Gasteiger partial charge in [-0.15, -0.1) is 10.2 Å². The number of rotatable bonds is 8. The average Bonchev–Trinajstić information content (AvgIpc) is 3.57. The minimum absolute atomic E-state index is 0.174. The number of nitrogens with zero attached hydrogens (tertiary/aromatic N) is 8. The summed E-state index contributed by atoms with van der Waals surface area (Å²) in [6.07, 6.45) is 6.25. The zero-order valence-electron chi connectivity index (χ0n) is 18.9. The highest BCUT2D eigenvalue weighted by atomic mass is 16.1. The van der Waals surface area contributed by atoms with E-state index in [-0.39, 0.29) is 5.91 Å². The topological polar surface area (TPSA) is 128 Å². The molecule has 35 heavy (non-hydrogen) atoms. The molecule has 0 unspecified atom stereocenters. The molecular weight excluding hydrogens is 444 g/mol. The maximum absolute atomic E-state index is 12.8. The minimum Gasteiger partial charge on any atom is -0.378 e. The Bertz CT molecular complexity index is 1430. The molecule has 0 fully saturated rings. The largest absolute Gasteiger partial charge is 0.378 e.